The summed E-state index contributed by atoms with van der Waals surface area (Å²) >= 11 is 2.02. The molecule has 1 N–H and O–H groups in total. The summed E-state index contributed by atoms with van der Waals surface area (Å²) in [4.78, 5) is 0. The van der Waals surface area contributed by atoms with Gasteiger partial charge in [-0.05, 0) is 68.9 Å². The van der Waals surface area contributed by atoms with Crippen LogP contribution in [0.15, 0.2) is 12.1 Å². The Labute approximate surface area is 117 Å². The van der Waals surface area contributed by atoms with Crippen molar-refractivity contribution in [2.75, 3.05) is 18.1 Å². The molecule has 1 aromatic rings. The molecule has 0 saturated heterocycles. The number of aryl methyl sites for hydroxylation is 3. The minimum absolute atomic E-state index is 0.456. The molecule has 0 aliphatic carbocycles. The Morgan fingerprint density at radius 1 is 1.17 bits per heavy atom. The van der Waals surface area contributed by atoms with Crippen molar-refractivity contribution in [2.24, 2.45) is 0 Å². The van der Waals surface area contributed by atoms with Gasteiger partial charge in [0.2, 0.25) is 0 Å². The van der Waals surface area contributed by atoms with Crippen molar-refractivity contribution in [3.8, 4) is 0 Å². The molecule has 1 unspecified atom stereocenters. The highest BCUT2D eigenvalue weighted by Crippen LogP contribution is 2.23. The van der Waals surface area contributed by atoms with E-state index >= 15 is 0 Å². The summed E-state index contributed by atoms with van der Waals surface area (Å²) < 4.78 is 0. The number of nitrogens with one attached hydrogen (secondary N) is 1. The predicted molar refractivity (Wildman–Crippen MR) is 84.7 cm³/mol. The van der Waals surface area contributed by atoms with E-state index in [0.29, 0.717) is 6.04 Å². The maximum atomic E-state index is 3.65. The van der Waals surface area contributed by atoms with Gasteiger partial charge in [0.1, 0.15) is 0 Å². The number of benzene rings is 1. The molecule has 1 nitrogen and oxygen atoms in total. The van der Waals surface area contributed by atoms with Crippen LogP contribution in [0.25, 0.3) is 0 Å². The smallest absolute Gasteiger partial charge is 0.0297 e. The zero-order valence-electron chi connectivity index (χ0n) is 12.5. The minimum atomic E-state index is 0.456. The van der Waals surface area contributed by atoms with Crippen LogP contribution in [-0.2, 0) is 0 Å². The van der Waals surface area contributed by atoms with E-state index in [2.05, 4.69) is 52.1 Å². The van der Waals surface area contributed by atoms with Crippen molar-refractivity contribution in [3.05, 3.63) is 34.4 Å². The number of hydrogen-bond donors (Lipinski definition) is 1. The van der Waals surface area contributed by atoms with Gasteiger partial charge in [-0.15, -0.1) is 0 Å². The molecule has 0 saturated carbocycles. The third kappa shape index (κ3) is 4.66. The fraction of sp³-hybridized carbons (Fsp3) is 0.625. The van der Waals surface area contributed by atoms with Gasteiger partial charge < -0.3 is 5.32 Å². The Kier molecular flexibility index (Phi) is 6.80. The topological polar surface area (TPSA) is 12.0 Å². The van der Waals surface area contributed by atoms with Crippen molar-refractivity contribution in [2.45, 2.75) is 47.1 Å². The molecule has 0 fully saturated rings. The quantitative estimate of drug-likeness (QED) is 0.733. The van der Waals surface area contributed by atoms with Crippen molar-refractivity contribution >= 4 is 11.8 Å². The second-order valence-electron chi connectivity index (χ2n) is 5.04. The summed E-state index contributed by atoms with van der Waals surface area (Å²) in [7, 11) is 0. The van der Waals surface area contributed by atoms with Crippen LogP contribution in [0.2, 0.25) is 0 Å². The summed E-state index contributed by atoms with van der Waals surface area (Å²) in [5.41, 5.74) is 5.66. The summed E-state index contributed by atoms with van der Waals surface area (Å²) in [6, 6.07) is 5.03. The highest BCUT2D eigenvalue weighted by molar-refractivity contribution is 7.99. The molecule has 1 rings (SSSR count). The average Bonchev–Trinajstić information content (AvgIpc) is 2.27. The largest absolute Gasteiger partial charge is 0.310 e. The SMILES string of the molecule is CCSCCCNC(C)c1c(C)cc(C)cc1C. The molecule has 1 atom stereocenters. The number of rotatable bonds is 7. The Balaban J connectivity index is 2.53. The molecule has 0 spiro atoms. The maximum absolute atomic E-state index is 3.65. The van der Waals surface area contributed by atoms with Crippen LogP contribution in [-0.4, -0.2) is 18.1 Å². The van der Waals surface area contributed by atoms with E-state index < -0.39 is 0 Å². The van der Waals surface area contributed by atoms with Gasteiger partial charge in [0.25, 0.3) is 0 Å². The lowest BCUT2D eigenvalue weighted by atomic mass is 9.95. The second kappa shape index (κ2) is 7.85. The van der Waals surface area contributed by atoms with E-state index in [4.69, 9.17) is 0 Å². The van der Waals surface area contributed by atoms with E-state index in [-0.39, 0.29) is 0 Å². The predicted octanol–water partition coefficient (Wildman–Crippen LogP) is 4.41. The van der Waals surface area contributed by atoms with Crippen molar-refractivity contribution < 1.29 is 0 Å². The molecular weight excluding hydrogens is 238 g/mol. The van der Waals surface area contributed by atoms with Crippen LogP contribution in [0.5, 0.6) is 0 Å². The molecule has 0 amide bonds. The standard InChI is InChI=1S/C16H27NS/c1-6-18-9-7-8-17-15(5)16-13(3)10-12(2)11-14(16)4/h10-11,15,17H,6-9H2,1-5H3. The fourth-order valence-corrected chi connectivity index (χ4v) is 3.25. The first kappa shape index (κ1) is 15.6. The molecule has 0 aliphatic rings. The van der Waals surface area contributed by atoms with Gasteiger partial charge in [-0.2, -0.15) is 11.8 Å². The summed E-state index contributed by atoms with van der Waals surface area (Å²) in [5, 5.41) is 3.65. The molecular formula is C16H27NS. The van der Waals surface area contributed by atoms with E-state index in [1.807, 2.05) is 11.8 Å². The van der Waals surface area contributed by atoms with Gasteiger partial charge in [0, 0.05) is 6.04 Å². The van der Waals surface area contributed by atoms with Crippen LogP contribution in [0.3, 0.4) is 0 Å². The van der Waals surface area contributed by atoms with E-state index in [0.717, 1.165) is 6.54 Å². The number of thioether (sulfide) groups is 1. The molecule has 102 valence electrons. The fourth-order valence-electron chi connectivity index (χ4n) is 2.61. The highest BCUT2D eigenvalue weighted by Gasteiger charge is 2.10. The summed E-state index contributed by atoms with van der Waals surface area (Å²) in [6.45, 7) is 12.2. The molecule has 0 bridgehead atoms. The van der Waals surface area contributed by atoms with Gasteiger partial charge >= 0.3 is 0 Å². The monoisotopic (exact) mass is 265 g/mol. The Bertz CT molecular complexity index is 350. The highest BCUT2D eigenvalue weighted by atomic mass is 32.2. The Hall–Kier alpha value is -0.470. The molecule has 0 aromatic heterocycles. The maximum Gasteiger partial charge on any atom is 0.0297 e. The van der Waals surface area contributed by atoms with E-state index in [1.165, 1.54) is 40.2 Å². The average molecular weight is 265 g/mol. The van der Waals surface area contributed by atoms with Crippen molar-refractivity contribution in [1.29, 1.82) is 0 Å². The van der Waals surface area contributed by atoms with Crippen molar-refractivity contribution in [3.63, 3.8) is 0 Å². The molecule has 2 heteroatoms. The first-order chi connectivity index (χ1) is 8.56. The molecule has 0 radical (unpaired) electrons. The zero-order valence-corrected chi connectivity index (χ0v) is 13.3. The van der Waals surface area contributed by atoms with Gasteiger partial charge in [-0.3, -0.25) is 0 Å². The summed E-state index contributed by atoms with van der Waals surface area (Å²) in [5.74, 6) is 2.49. The number of hydrogen-bond acceptors (Lipinski definition) is 2. The van der Waals surface area contributed by atoms with Crippen molar-refractivity contribution in [1.82, 2.24) is 5.32 Å². The molecule has 1 aromatic carbocycles. The van der Waals surface area contributed by atoms with E-state index in [1.54, 1.807) is 0 Å². The molecule has 18 heavy (non-hydrogen) atoms. The van der Waals surface area contributed by atoms with Crippen LogP contribution in [0.4, 0.5) is 0 Å². The van der Waals surface area contributed by atoms with Gasteiger partial charge in [0.15, 0.2) is 0 Å². The first-order valence-electron chi connectivity index (χ1n) is 6.95. The second-order valence-corrected chi connectivity index (χ2v) is 6.43. The normalized spacial score (nSPS) is 12.7. The lowest BCUT2D eigenvalue weighted by molar-refractivity contribution is 0.567. The van der Waals surface area contributed by atoms with Gasteiger partial charge in [0.05, 0.1) is 0 Å². The summed E-state index contributed by atoms with van der Waals surface area (Å²) in [6.07, 6.45) is 1.26. The lowest BCUT2D eigenvalue weighted by Crippen LogP contribution is -2.22. The Morgan fingerprint density at radius 3 is 2.33 bits per heavy atom. The Morgan fingerprint density at radius 2 is 1.78 bits per heavy atom. The first-order valence-corrected chi connectivity index (χ1v) is 8.10. The van der Waals surface area contributed by atoms with E-state index in [9.17, 15) is 0 Å². The van der Waals surface area contributed by atoms with Gasteiger partial charge in [-0.1, -0.05) is 24.6 Å². The molecule has 0 aliphatic heterocycles. The minimum Gasteiger partial charge on any atom is -0.310 e. The van der Waals surface area contributed by atoms with Crippen LogP contribution >= 0.6 is 11.8 Å². The van der Waals surface area contributed by atoms with Gasteiger partial charge in [-0.25, -0.2) is 0 Å². The lowest BCUT2D eigenvalue weighted by Gasteiger charge is -2.20. The van der Waals surface area contributed by atoms with Crippen LogP contribution in [0.1, 0.15) is 48.6 Å². The zero-order chi connectivity index (χ0) is 13.5. The van der Waals surface area contributed by atoms with Crippen LogP contribution in [0, 0.1) is 20.8 Å². The van der Waals surface area contributed by atoms with Crippen LogP contribution < -0.4 is 5.32 Å². The molecule has 0 heterocycles. The third-order valence-corrected chi connectivity index (χ3v) is 4.28. The third-order valence-electron chi connectivity index (χ3n) is 3.29.